The lowest BCUT2D eigenvalue weighted by Crippen LogP contribution is -2.11. The van der Waals surface area contributed by atoms with Crippen molar-refractivity contribution in [2.75, 3.05) is 5.32 Å². The molecule has 0 aliphatic rings. The summed E-state index contributed by atoms with van der Waals surface area (Å²) in [6, 6.07) is 17.5. The van der Waals surface area contributed by atoms with Crippen molar-refractivity contribution in [1.82, 2.24) is 10.2 Å². The van der Waals surface area contributed by atoms with E-state index in [9.17, 15) is 4.79 Å². The Morgan fingerprint density at radius 2 is 1.83 bits per heavy atom. The number of hydrogen-bond donors (Lipinski definition) is 1. The maximum Gasteiger partial charge on any atom is 0.257 e. The molecule has 0 spiro atoms. The molecule has 1 amide bonds. The van der Waals surface area contributed by atoms with Gasteiger partial charge in [0.15, 0.2) is 4.34 Å². The van der Waals surface area contributed by atoms with Gasteiger partial charge in [0.2, 0.25) is 5.13 Å². The summed E-state index contributed by atoms with van der Waals surface area (Å²) < 4.78 is 0.842. The molecule has 116 valence electrons. The lowest BCUT2D eigenvalue weighted by Gasteiger charge is -2.00. The van der Waals surface area contributed by atoms with Gasteiger partial charge in [0.25, 0.3) is 5.91 Å². The monoisotopic (exact) mass is 341 g/mol. The third-order valence-corrected chi connectivity index (χ3v) is 5.19. The number of thioether (sulfide) groups is 1. The van der Waals surface area contributed by atoms with E-state index >= 15 is 0 Å². The first kappa shape index (κ1) is 15.7. The van der Waals surface area contributed by atoms with Crippen LogP contribution in [-0.2, 0) is 5.75 Å². The van der Waals surface area contributed by atoms with Gasteiger partial charge >= 0.3 is 0 Å². The number of nitrogens with zero attached hydrogens (tertiary/aromatic N) is 2. The van der Waals surface area contributed by atoms with Crippen LogP contribution in [-0.4, -0.2) is 16.1 Å². The number of rotatable bonds is 5. The summed E-state index contributed by atoms with van der Waals surface area (Å²) in [5.74, 6) is 0.665. The van der Waals surface area contributed by atoms with Crippen LogP contribution in [0, 0.1) is 6.92 Å². The molecule has 0 unspecified atom stereocenters. The van der Waals surface area contributed by atoms with E-state index in [0.29, 0.717) is 10.7 Å². The fourth-order valence-electron chi connectivity index (χ4n) is 1.91. The van der Waals surface area contributed by atoms with Crippen molar-refractivity contribution in [2.24, 2.45) is 0 Å². The molecule has 0 saturated carbocycles. The van der Waals surface area contributed by atoms with Crippen LogP contribution in [0.4, 0.5) is 5.13 Å². The zero-order valence-electron chi connectivity index (χ0n) is 12.5. The zero-order valence-corrected chi connectivity index (χ0v) is 14.2. The first-order valence-corrected chi connectivity index (χ1v) is 8.89. The zero-order chi connectivity index (χ0) is 16.1. The van der Waals surface area contributed by atoms with Crippen LogP contribution in [0.1, 0.15) is 21.5 Å². The standard InChI is InChI=1S/C17H15N3OS2/c1-12-7-9-13(10-8-12)11-22-17-20-19-16(23-17)18-15(21)14-5-3-2-4-6-14/h2-10H,11H2,1H3,(H,18,19,21). The largest absolute Gasteiger partial charge is 0.296 e. The number of nitrogens with one attached hydrogen (secondary N) is 1. The van der Waals surface area contributed by atoms with Crippen LogP contribution in [0.25, 0.3) is 0 Å². The Morgan fingerprint density at radius 1 is 1.09 bits per heavy atom. The maximum atomic E-state index is 12.1. The van der Waals surface area contributed by atoms with E-state index in [2.05, 4.69) is 46.7 Å². The Balaban J connectivity index is 1.57. The third kappa shape index (κ3) is 4.40. The van der Waals surface area contributed by atoms with Crippen molar-refractivity contribution in [3.63, 3.8) is 0 Å². The third-order valence-electron chi connectivity index (χ3n) is 3.15. The van der Waals surface area contributed by atoms with Gasteiger partial charge in [-0.05, 0) is 24.6 Å². The fourth-order valence-corrected chi connectivity index (χ4v) is 3.61. The molecule has 1 heterocycles. The minimum absolute atomic E-state index is 0.170. The van der Waals surface area contributed by atoms with Crippen LogP contribution in [0.5, 0.6) is 0 Å². The topological polar surface area (TPSA) is 54.9 Å². The summed E-state index contributed by atoms with van der Waals surface area (Å²) in [6.07, 6.45) is 0. The van der Waals surface area contributed by atoms with E-state index in [1.54, 1.807) is 23.9 Å². The lowest BCUT2D eigenvalue weighted by molar-refractivity contribution is 0.102. The molecule has 0 aliphatic heterocycles. The van der Waals surface area contributed by atoms with Crippen molar-refractivity contribution in [3.05, 3.63) is 71.3 Å². The predicted octanol–water partition coefficient (Wildman–Crippen LogP) is 4.39. The number of amides is 1. The van der Waals surface area contributed by atoms with Gasteiger partial charge in [-0.2, -0.15) is 0 Å². The number of aryl methyl sites for hydroxylation is 1. The summed E-state index contributed by atoms with van der Waals surface area (Å²) in [5, 5.41) is 11.4. The average Bonchev–Trinajstić information content (AvgIpc) is 3.02. The molecular formula is C17H15N3OS2. The molecular weight excluding hydrogens is 326 g/mol. The minimum Gasteiger partial charge on any atom is -0.296 e. The molecule has 3 rings (SSSR count). The minimum atomic E-state index is -0.170. The highest BCUT2D eigenvalue weighted by molar-refractivity contribution is 8.00. The second-order valence-corrected chi connectivity index (χ2v) is 7.17. The van der Waals surface area contributed by atoms with Gasteiger partial charge in [0, 0.05) is 11.3 Å². The summed E-state index contributed by atoms with van der Waals surface area (Å²) in [7, 11) is 0. The number of carbonyl (C=O) groups is 1. The quantitative estimate of drug-likeness (QED) is 0.552. The first-order valence-electron chi connectivity index (χ1n) is 7.09. The predicted molar refractivity (Wildman–Crippen MR) is 95.0 cm³/mol. The first-order chi connectivity index (χ1) is 11.2. The summed E-state index contributed by atoms with van der Waals surface area (Å²) >= 11 is 3.00. The second-order valence-electron chi connectivity index (χ2n) is 4.97. The molecule has 0 bridgehead atoms. The van der Waals surface area contributed by atoms with Gasteiger partial charge in [-0.15, -0.1) is 10.2 Å². The van der Waals surface area contributed by atoms with E-state index in [1.807, 2.05) is 18.2 Å². The average molecular weight is 341 g/mol. The fraction of sp³-hybridized carbons (Fsp3) is 0.118. The Bertz CT molecular complexity index is 785. The van der Waals surface area contributed by atoms with Gasteiger partial charge in [0.05, 0.1) is 0 Å². The van der Waals surface area contributed by atoms with Crippen LogP contribution in [0.15, 0.2) is 58.9 Å². The summed E-state index contributed by atoms with van der Waals surface area (Å²) in [6.45, 7) is 2.07. The molecule has 4 nitrogen and oxygen atoms in total. The molecule has 0 saturated heterocycles. The lowest BCUT2D eigenvalue weighted by atomic mass is 10.2. The van der Waals surface area contributed by atoms with Crippen molar-refractivity contribution in [2.45, 2.75) is 17.0 Å². The number of aromatic nitrogens is 2. The Labute approximate surface area is 143 Å². The van der Waals surface area contributed by atoms with E-state index in [4.69, 9.17) is 0 Å². The van der Waals surface area contributed by atoms with Crippen LogP contribution in [0.3, 0.4) is 0 Å². The van der Waals surface area contributed by atoms with Gasteiger partial charge in [-0.3, -0.25) is 10.1 Å². The van der Waals surface area contributed by atoms with Crippen LogP contribution < -0.4 is 5.32 Å². The molecule has 2 aromatic carbocycles. The molecule has 1 N–H and O–H groups in total. The second kappa shape index (κ2) is 7.39. The highest BCUT2D eigenvalue weighted by Gasteiger charge is 2.10. The van der Waals surface area contributed by atoms with Crippen molar-refractivity contribution >= 4 is 34.1 Å². The SMILES string of the molecule is Cc1ccc(CSc2nnc(NC(=O)c3ccccc3)s2)cc1. The van der Waals surface area contributed by atoms with E-state index in [-0.39, 0.29) is 5.91 Å². The maximum absolute atomic E-state index is 12.1. The van der Waals surface area contributed by atoms with Crippen molar-refractivity contribution < 1.29 is 4.79 Å². The highest BCUT2D eigenvalue weighted by Crippen LogP contribution is 2.28. The Morgan fingerprint density at radius 3 is 2.57 bits per heavy atom. The Kier molecular flexibility index (Phi) is 5.05. The highest BCUT2D eigenvalue weighted by atomic mass is 32.2. The number of hydrogen-bond acceptors (Lipinski definition) is 5. The molecule has 0 radical (unpaired) electrons. The molecule has 0 fully saturated rings. The molecule has 0 aliphatic carbocycles. The molecule has 23 heavy (non-hydrogen) atoms. The number of benzene rings is 2. The summed E-state index contributed by atoms with van der Waals surface area (Å²) in [4.78, 5) is 12.1. The number of carbonyl (C=O) groups excluding carboxylic acids is 1. The molecule has 3 aromatic rings. The van der Waals surface area contributed by atoms with Crippen LogP contribution in [0.2, 0.25) is 0 Å². The van der Waals surface area contributed by atoms with E-state index in [0.717, 1.165) is 10.1 Å². The van der Waals surface area contributed by atoms with Gasteiger partial charge in [-0.1, -0.05) is 71.1 Å². The van der Waals surface area contributed by atoms with E-state index < -0.39 is 0 Å². The number of anilines is 1. The van der Waals surface area contributed by atoms with E-state index in [1.165, 1.54) is 22.5 Å². The molecule has 6 heteroatoms. The van der Waals surface area contributed by atoms with Crippen molar-refractivity contribution in [3.8, 4) is 0 Å². The van der Waals surface area contributed by atoms with Crippen LogP contribution >= 0.6 is 23.1 Å². The summed E-state index contributed by atoms with van der Waals surface area (Å²) in [5.41, 5.74) is 3.10. The van der Waals surface area contributed by atoms with Crippen molar-refractivity contribution in [1.29, 1.82) is 0 Å². The van der Waals surface area contributed by atoms with Gasteiger partial charge in [0.1, 0.15) is 0 Å². The molecule has 0 atom stereocenters. The Hall–Kier alpha value is -2.18. The smallest absolute Gasteiger partial charge is 0.257 e. The van der Waals surface area contributed by atoms with Gasteiger partial charge in [-0.25, -0.2) is 0 Å². The normalized spacial score (nSPS) is 10.5. The van der Waals surface area contributed by atoms with Gasteiger partial charge < -0.3 is 0 Å². The molecule has 1 aromatic heterocycles.